The van der Waals surface area contributed by atoms with Crippen LogP contribution in [-0.2, 0) is 0 Å². The lowest BCUT2D eigenvalue weighted by molar-refractivity contribution is 0.215. The second kappa shape index (κ2) is 4.97. The second-order valence-corrected chi connectivity index (χ2v) is 5.28. The highest BCUT2D eigenvalue weighted by Gasteiger charge is 2.16. The van der Waals surface area contributed by atoms with Crippen LogP contribution in [0.25, 0.3) is 21.9 Å². The van der Waals surface area contributed by atoms with E-state index in [-0.39, 0.29) is 5.56 Å². The average Bonchev–Trinajstić information content (AvgIpc) is 2.92. The van der Waals surface area contributed by atoms with E-state index in [0.717, 1.165) is 16.4 Å². The third kappa shape index (κ3) is 1.98. The van der Waals surface area contributed by atoms with Gasteiger partial charge in [0.05, 0.1) is 0 Å². The maximum Gasteiger partial charge on any atom is 0.135 e. The van der Waals surface area contributed by atoms with Crippen LogP contribution in [-0.4, -0.2) is 5.11 Å². The first-order valence-corrected chi connectivity index (χ1v) is 7.08. The number of fused-ring (bicyclic) bond motifs is 3. The zero-order valence-electron chi connectivity index (χ0n) is 11.7. The van der Waals surface area contributed by atoms with E-state index in [9.17, 15) is 9.50 Å². The molecule has 1 atom stereocenters. The van der Waals surface area contributed by atoms with E-state index in [4.69, 9.17) is 4.42 Å². The van der Waals surface area contributed by atoms with Crippen molar-refractivity contribution in [2.24, 2.45) is 0 Å². The minimum Gasteiger partial charge on any atom is -0.456 e. The standard InChI is InChI=1S/C19H13FO2/c20-16-7-3-1-6-15(16)19(21)12-9-10-14-13-5-2-4-8-17(13)22-18(14)11-12/h1-11,19,21H. The molecule has 3 heteroatoms. The van der Waals surface area contributed by atoms with Crippen LogP contribution in [0.2, 0.25) is 0 Å². The fourth-order valence-electron chi connectivity index (χ4n) is 2.79. The van der Waals surface area contributed by atoms with Gasteiger partial charge in [0, 0.05) is 16.3 Å². The molecule has 1 heterocycles. The number of hydrogen-bond donors (Lipinski definition) is 1. The van der Waals surface area contributed by atoms with Gasteiger partial charge in [-0.15, -0.1) is 0 Å². The van der Waals surface area contributed by atoms with Crippen LogP contribution in [0, 0.1) is 5.82 Å². The van der Waals surface area contributed by atoms with Gasteiger partial charge in [0.2, 0.25) is 0 Å². The lowest BCUT2D eigenvalue weighted by atomic mass is 10.00. The number of rotatable bonds is 2. The van der Waals surface area contributed by atoms with Crippen molar-refractivity contribution in [1.82, 2.24) is 0 Å². The monoisotopic (exact) mass is 292 g/mol. The van der Waals surface area contributed by atoms with Crippen LogP contribution in [0.15, 0.2) is 71.1 Å². The Morgan fingerprint density at radius 2 is 1.55 bits per heavy atom. The molecule has 0 saturated heterocycles. The number of benzene rings is 3. The highest BCUT2D eigenvalue weighted by molar-refractivity contribution is 6.04. The molecule has 0 aliphatic rings. The molecule has 0 aliphatic heterocycles. The van der Waals surface area contributed by atoms with Gasteiger partial charge in [0.1, 0.15) is 23.1 Å². The van der Waals surface area contributed by atoms with Crippen molar-refractivity contribution in [3.05, 3.63) is 83.7 Å². The quantitative estimate of drug-likeness (QED) is 0.575. The maximum absolute atomic E-state index is 13.8. The molecule has 1 N–H and O–H groups in total. The number of para-hydroxylation sites is 1. The molecule has 0 radical (unpaired) electrons. The number of aliphatic hydroxyl groups excluding tert-OH is 1. The van der Waals surface area contributed by atoms with Gasteiger partial charge in [0.25, 0.3) is 0 Å². The normalized spacial score (nSPS) is 12.8. The van der Waals surface area contributed by atoms with E-state index < -0.39 is 11.9 Å². The molecule has 2 nitrogen and oxygen atoms in total. The van der Waals surface area contributed by atoms with Gasteiger partial charge in [-0.25, -0.2) is 4.39 Å². The van der Waals surface area contributed by atoms with Crippen molar-refractivity contribution < 1.29 is 13.9 Å². The Balaban J connectivity index is 1.86. The van der Waals surface area contributed by atoms with Crippen LogP contribution in [0.4, 0.5) is 4.39 Å². The summed E-state index contributed by atoms with van der Waals surface area (Å²) >= 11 is 0. The lowest BCUT2D eigenvalue weighted by Crippen LogP contribution is -2.02. The van der Waals surface area contributed by atoms with Crippen molar-refractivity contribution in [1.29, 1.82) is 0 Å². The van der Waals surface area contributed by atoms with Crippen LogP contribution in [0.3, 0.4) is 0 Å². The minimum absolute atomic E-state index is 0.262. The topological polar surface area (TPSA) is 33.4 Å². The van der Waals surface area contributed by atoms with Crippen LogP contribution >= 0.6 is 0 Å². The molecule has 22 heavy (non-hydrogen) atoms. The van der Waals surface area contributed by atoms with Crippen molar-refractivity contribution in [3.8, 4) is 0 Å². The predicted molar refractivity (Wildman–Crippen MR) is 84.2 cm³/mol. The summed E-state index contributed by atoms with van der Waals surface area (Å²) in [7, 11) is 0. The summed E-state index contributed by atoms with van der Waals surface area (Å²) in [6.07, 6.45) is -1.01. The summed E-state index contributed by atoms with van der Waals surface area (Å²) in [5.74, 6) is -0.417. The number of hydrogen-bond acceptors (Lipinski definition) is 2. The first-order chi connectivity index (χ1) is 10.7. The fraction of sp³-hybridized carbons (Fsp3) is 0.0526. The molecule has 3 aromatic carbocycles. The zero-order valence-corrected chi connectivity index (χ0v) is 11.7. The van der Waals surface area contributed by atoms with E-state index in [1.165, 1.54) is 6.07 Å². The van der Waals surface area contributed by atoms with Crippen molar-refractivity contribution >= 4 is 21.9 Å². The minimum atomic E-state index is -1.01. The molecule has 0 aliphatic carbocycles. The Hall–Kier alpha value is -2.65. The molecule has 4 aromatic rings. The summed E-state index contributed by atoms with van der Waals surface area (Å²) < 4.78 is 19.6. The first kappa shape index (κ1) is 13.0. The molecule has 1 aromatic heterocycles. The molecule has 0 spiro atoms. The number of halogens is 1. The largest absolute Gasteiger partial charge is 0.456 e. The van der Waals surface area contributed by atoms with E-state index in [2.05, 4.69) is 0 Å². The third-order valence-electron chi connectivity index (χ3n) is 3.92. The van der Waals surface area contributed by atoms with Gasteiger partial charge in [-0.05, 0) is 23.8 Å². The van der Waals surface area contributed by atoms with Gasteiger partial charge >= 0.3 is 0 Å². The van der Waals surface area contributed by atoms with Gasteiger partial charge in [-0.3, -0.25) is 0 Å². The molecule has 4 rings (SSSR count). The van der Waals surface area contributed by atoms with Gasteiger partial charge in [0.15, 0.2) is 0 Å². The number of aliphatic hydroxyl groups is 1. The van der Waals surface area contributed by atoms with E-state index in [0.29, 0.717) is 11.1 Å². The lowest BCUT2D eigenvalue weighted by Gasteiger charge is -2.12. The summed E-state index contributed by atoms with van der Waals surface area (Å²) in [4.78, 5) is 0. The molecule has 1 unspecified atom stereocenters. The summed E-state index contributed by atoms with van der Waals surface area (Å²) in [5.41, 5.74) is 2.36. The van der Waals surface area contributed by atoms with E-state index in [1.807, 2.05) is 30.3 Å². The van der Waals surface area contributed by atoms with E-state index in [1.54, 1.807) is 30.3 Å². The first-order valence-electron chi connectivity index (χ1n) is 7.08. The molecule has 0 amide bonds. The highest BCUT2D eigenvalue weighted by Crippen LogP contribution is 2.32. The highest BCUT2D eigenvalue weighted by atomic mass is 19.1. The third-order valence-corrected chi connectivity index (χ3v) is 3.92. The average molecular weight is 292 g/mol. The Kier molecular flexibility index (Phi) is 2.94. The molecule has 0 saturated carbocycles. The van der Waals surface area contributed by atoms with Crippen LogP contribution in [0.1, 0.15) is 17.2 Å². The second-order valence-electron chi connectivity index (χ2n) is 5.28. The summed E-state index contributed by atoms with van der Waals surface area (Å²) in [6.45, 7) is 0. The zero-order chi connectivity index (χ0) is 15.1. The van der Waals surface area contributed by atoms with Gasteiger partial charge in [-0.1, -0.05) is 48.5 Å². The van der Waals surface area contributed by atoms with Gasteiger partial charge in [-0.2, -0.15) is 0 Å². The summed E-state index contributed by atoms with van der Waals surface area (Å²) in [5, 5.41) is 12.4. The SMILES string of the molecule is OC(c1ccc2c(c1)oc1ccccc12)c1ccccc1F. The van der Waals surface area contributed by atoms with Gasteiger partial charge < -0.3 is 9.52 Å². The Labute approximate surface area is 126 Å². The molecular formula is C19H13FO2. The molecular weight excluding hydrogens is 279 g/mol. The predicted octanol–water partition coefficient (Wildman–Crippen LogP) is 4.81. The maximum atomic E-state index is 13.8. The smallest absolute Gasteiger partial charge is 0.135 e. The van der Waals surface area contributed by atoms with Crippen LogP contribution < -0.4 is 0 Å². The molecule has 0 bridgehead atoms. The Morgan fingerprint density at radius 3 is 2.41 bits per heavy atom. The van der Waals surface area contributed by atoms with Crippen molar-refractivity contribution in [3.63, 3.8) is 0 Å². The fourth-order valence-corrected chi connectivity index (χ4v) is 2.79. The van der Waals surface area contributed by atoms with Crippen molar-refractivity contribution in [2.45, 2.75) is 6.10 Å². The Bertz CT molecular complexity index is 971. The van der Waals surface area contributed by atoms with E-state index >= 15 is 0 Å². The Morgan fingerprint density at radius 1 is 0.818 bits per heavy atom. The molecule has 108 valence electrons. The molecule has 0 fully saturated rings. The van der Waals surface area contributed by atoms with Crippen molar-refractivity contribution in [2.75, 3.05) is 0 Å². The summed E-state index contributed by atoms with van der Waals surface area (Å²) in [6, 6.07) is 19.5. The number of furan rings is 1. The van der Waals surface area contributed by atoms with Crippen LogP contribution in [0.5, 0.6) is 0 Å².